The van der Waals surface area contributed by atoms with Crippen molar-refractivity contribution in [2.75, 3.05) is 37.6 Å². The number of carbonyl (C=O) groups excluding carboxylic acids is 1. The van der Waals surface area contributed by atoms with Crippen molar-refractivity contribution in [2.24, 2.45) is 0 Å². The first kappa shape index (κ1) is 14.5. The number of rotatable bonds is 3. The van der Waals surface area contributed by atoms with E-state index >= 15 is 0 Å². The smallest absolute Gasteiger partial charge is 0.253 e. The number of nitrogens with one attached hydrogen (secondary N) is 2. The second-order valence-corrected chi connectivity index (χ2v) is 6.22. The van der Waals surface area contributed by atoms with Crippen LogP contribution >= 0.6 is 0 Å². The lowest BCUT2D eigenvalue weighted by atomic mass is 9.90. The highest BCUT2D eigenvalue weighted by Gasteiger charge is 2.53. The van der Waals surface area contributed by atoms with Gasteiger partial charge in [-0.15, -0.1) is 0 Å². The Morgan fingerprint density at radius 1 is 0.957 bits per heavy atom. The Bertz CT molecular complexity index is 664. The van der Waals surface area contributed by atoms with Gasteiger partial charge in [-0.1, -0.05) is 18.2 Å². The number of anilines is 1. The van der Waals surface area contributed by atoms with Gasteiger partial charge in [0.25, 0.3) is 5.91 Å². The van der Waals surface area contributed by atoms with Crippen LogP contribution in [0.5, 0.6) is 0 Å². The van der Waals surface area contributed by atoms with Gasteiger partial charge in [-0.2, -0.15) is 0 Å². The number of carbonyl (C=O) groups is 1. The first-order chi connectivity index (χ1) is 11.3. The number of aromatic nitrogens is 1. The fraction of sp³-hybridized carbons (Fsp3) is 0.389. The summed E-state index contributed by atoms with van der Waals surface area (Å²) in [6.07, 6.45) is 2.74. The predicted molar refractivity (Wildman–Crippen MR) is 90.3 cm³/mol. The lowest BCUT2D eigenvalue weighted by Gasteiger charge is -2.41. The predicted octanol–water partition coefficient (Wildman–Crippen LogP) is 1.55. The minimum absolute atomic E-state index is 0.188. The Hall–Kier alpha value is -2.11. The second kappa shape index (κ2) is 5.83. The second-order valence-electron chi connectivity index (χ2n) is 6.22. The molecule has 1 unspecified atom stereocenters. The summed E-state index contributed by atoms with van der Waals surface area (Å²) in [5, 5.41) is 3.38. The monoisotopic (exact) mass is 310 g/mol. The minimum Gasteiger partial charge on any atom is -0.363 e. The van der Waals surface area contributed by atoms with E-state index in [2.05, 4.69) is 21.3 Å². The molecule has 0 aliphatic carbocycles. The van der Waals surface area contributed by atoms with E-state index in [0.717, 1.165) is 50.5 Å². The molecule has 1 atom stereocenters. The van der Waals surface area contributed by atoms with E-state index in [0.29, 0.717) is 0 Å². The molecule has 5 nitrogen and oxygen atoms in total. The summed E-state index contributed by atoms with van der Waals surface area (Å²) in [4.78, 5) is 21.1. The molecule has 0 radical (unpaired) electrons. The van der Waals surface area contributed by atoms with E-state index in [1.54, 1.807) is 0 Å². The molecule has 2 saturated heterocycles. The van der Waals surface area contributed by atoms with Crippen molar-refractivity contribution in [1.29, 1.82) is 0 Å². The molecule has 3 heterocycles. The summed E-state index contributed by atoms with van der Waals surface area (Å²) in [6, 6.07) is 14.0. The van der Waals surface area contributed by atoms with E-state index in [4.69, 9.17) is 0 Å². The molecule has 1 amide bonds. The number of para-hydroxylation sites is 1. The Morgan fingerprint density at radius 2 is 1.74 bits per heavy atom. The quantitative estimate of drug-likeness (QED) is 0.904. The highest BCUT2D eigenvalue weighted by Crippen LogP contribution is 2.40. The standard InChI is InChI=1S/C18H22N4O/c23-17-18(16-7-4-9-20-16,21-13-10-19-11-14-21)8-12-22(17)15-5-2-1-3-6-15/h1-7,9,19-20H,8,10-14H2. The van der Waals surface area contributed by atoms with Gasteiger partial charge in [0.2, 0.25) is 0 Å². The lowest BCUT2D eigenvalue weighted by molar-refractivity contribution is -0.129. The number of hydrogen-bond acceptors (Lipinski definition) is 3. The summed E-state index contributed by atoms with van der Waals surface area (Å²) in [5.74, 6) is 0.188. The Morgan fingerprint density at radius 3 is 2.43 bits per heavy atom. The van der Waals surface area contributed by atoms with Crippen molar-refractivity contribution >= 4 is 11.6 Å². The highest BCUT2D eigenvalue weighted by atomic mass is 16.2. The molecule has 4 rings (SSSR count). The molecule has 0 saturated carbocycles. The van der Waals surface area contributed by atoms with Crippen molar-refractivity contribution < 1.29 is 4.79 Å². The maximum Gasteiger partial charge on any atom is 0.253 e. The molecule has 2 N–H and O–H groups in total. The topological polar surface area (TPSA) is 51.4 Å². The van der Waals surface area contributed by atoms with Crippen molar-refractivity contribution in [3.63, 3.8) is 0 Å². The molecule has 2 fully saturated rings. The molecule has 23 heavy (non-hydrogen) atoms. The number of piperazine rings is 1. The molecule has 2 aromatic rings. The summed E-state index contributed by atoms with van der Waals surface area (Å²) in [6.45, 7) is 4.41. The zero-order valence-corrected chi connectivity index (χ0v) is 13.2. The SMILES string of the molecule is O=C1N(c2ccccc2)CCC1(c1ccc[nH]1)N1CCNCC1. The van der Waals surface area contributed by atoms with E-state index in [-0.39, 0.29) is 5.91 Å². The van der Waals surface area contributed by atoms with Gasteiger partial charge < -0.3 is 15.2 Å². The third kappa shape index (κ3) is 2.28. The first-order valence-electron chi connectivity index (χ1n) is 8.29. The van der Waals surface area contributed by atoms with Gasteiger partial charge >= 0.3 is 0 Å². The third-order valence-corrected chi connectivity index (χ3v) is 5.06. The maximum atomic E-state index is 13.5. The molecular formula is C18H22N4O. The molecular weight excluding hydrogens is 288 g/mol. The third-order valence-electron chi connectivity index (χ3n) is 5.06. The Balaban J connectivity index is 1.74. The number of benzene rings is 1. The largest absolute Gasteiger partial charge is 0.363 e. The number of H-pyrrole nitrogens is 1. The summed E-state index contributed by atoms with van der Waals surface area (Å²) in [7, 11) is 0. The molecule has 2 aliphatic rings. The minimum atomic E-state index is -0.554. The van der Waals surface area contributed by atoms with Crippen LogP contribution in [-0.4, -0.2) is 48.5 Å². The number of nitrogens with zero attached hydrogens (tertiary/aromatic N) is 2. The van der Waals surface area contributed by atoms with E-state index in [9.17, 15) is 4.79 Å². The van der Waals surface area contributed by atoms with Crippen LogP contribution in [0.2, 0.25) is 0 Å². The summed E-state index contributed by atoms with van der Waals surface area (Å²) >= 11 is 0. The van der Waals surface area contributed by atoms with Gasteiger partial charge in [0.1, 0.15) is 5.54 Å². The van der Waals surface area contributed by atoms with Gasteiger partial charge in [-0.3, -0.25) is 9.69 Å². The van der Waals surface area contributed by atoms with E-state index < -0.39 is 5.54 Å². The summed E-state index contributed by atoms with van der Waals surface area (Å²) in [5.41, 5.74) is 1.45. The van der Waals surface area contributed by atoms with Crippen LogP contribution in [0.3, 0.4) is 0 Å². The number of hydrogen-bond donors (Lipinski definition) is 2. The van der Waals surface area contributed by atoms with Crippen LogP contribution in [0.4, 0.5) is 5.69 Å². The highest BCUT2D eigenvalue weighted by molar-refractivity contribution is 6.03. The van der Waals surface area contributed by atoms with Crippen LogP contribution in [0.1, 0.15) is 12.1 Å². The molecule has 0 bridgehead atoms. The molecule has 1 aromatic heterocycles. The van der Waals surface area contributed by atoms with Crippen molar-refractivity contribution in [1.82, 2.24) is 15.2 Å². The molecule has 5 heteroatoms. The number of aromatic amines is 1. The van der Waals surface area contributed by atoms with Crippen molar-refractivity contribution in [2.45, 2.75) is 12.0 Å². The van der Waals surface area contributed by atoms with Crippen LogP contribution < -0.4 is 10.2 Å². The molecule has 0 spiro atoms. The van der Waals surface area contributed by atoms with Crippen LogP contribution in [0, 0.1) is 0 Å². The average Bonchev–Trinajstić information content (AvgIpc) is 3.25. The zero-order chi connectivity index (χ0) is 15.7. The molecule has 1 aromatic carbocycles. The van der Waals surface area contributed by atoms with Crippen LogP contribution in [0.25, 0.3) is 0 Å². The molecule has 2 aliphatic heterocycles. The Kier molecular flexibility index (Phi) is 3.67. The normalized spacial score (nSPS) is 25.9. The van der Waals surface area contributed by atoms with Gasteiger partial charge in [-0.05, 0) is 30.7 Å². The Labute approximate surface area is 136 Å². The van der Waals surface area contributed by atoms with E-state index in [1.165, 1.54) is 0 Å². The average molecular weight is 310 g/mol. The number of amides is 1. The maximum absolute atomic E-state index is 13.5. The van der Waals surface area contributed by atoms with Gasteiger partial charge in [-0.25, -0.2) is 0 Å². The van der Waals surface area contributed by atoms with E-state index in [1.807, 2.05) is 47.5 Å². The van der Waals surface area contributed by atoms with Crippen molar-refractivity contribution in [3.8, 4) is 0 Å². The first-order valence-corrected chi connectivity index (χ1v) is 8.29. The van der Waals surface area contributed by atoms with Crippen LogP contribution in [-0.2, 0) is 10.3 Å². The fourth-order valence-corrected chi connectivity index (χ4v) is 3.91. The van der Waals surface area contributed by atoms with Crippen LogP contribution in [0.15, 0.2) is 48.7 Å². The van der Waals surface area contributed by atoms with Gasteiger partial charge in [0, 0.05) is 50.3 Å². The lowest BCUT2D eigenvalue weighted by Crippen LogP contribution is -2.58. The van der Waals surface area contributed by atoms with Crippen molar-refractivity contribution in [3.05, 3.63) is 54.4 Å². The fourth-order valence-electron chi connectivity index (χ4n) is 3.91. The summed E-state index contributed by atoms with van der Waals surface area (Å²) < 4.78 is 0. The zero-order valence-electron chi connectivity index (χ0n) is 13.2. The van der Waals surface area contributed by atoms with Gasteiger partial charge in [0.15, 0.2) is 0 Å². The van der Waals surface area contributed by atoms with Gasteiger partial charge in [0.05, 0.1) is 0 Å². The molecule has 120 valence electrons.